The molecule has 1 saturated heterocycles. The Morgan fingerprint density at radius 3 is 2.48 bits per heavy atom. The van der Waals surface area contributed by atoms with E-state index in [0.29, 0.717) is 11.4 Å². The highest BCUT2D eigenvalue weighted by Crippen LogP contribution is 2.26. The highest BCUT2D eigenvalue weighted by atomic mass is 19.1. The molecule has 1 aromatic rings. The second-order valence-electron chi connectivity index (χ2n) is 6.69. The lowest BCUT2D eigenvalue weighted by molar-refractivity contribution is -0.119. The van der Waals surface area contributed by atoms with Crippen molar-refractivity contribution >= 4 is 17.3 Å². The van der Waals surface area contributed by atoms with E-state index >= 15 is 0 Å². The summed E-state index contributed by atoms with van der Waals surface area (Å²) in [6, 6.07) is 4.17. The number of amides is 1. The highest BCUT2D eigenvalue weighted by molar-refractivity contribution is 5.95. The van der Waals surface area contributed by atoms with E-state index in [9.17, 15) is 9.18 Å². The van der Waals surface area contributed by atoms with Gasteiger partial charge in [-0.3, -0.25) is 4.79 Å². The summed E-state index contributed by atoms with van der Waals surface area (Å²) in [7, 11) is 0. The van der Waals surface area contributed by atoms with E-state index in [0.717, 1.165) is 25.9 Å². The van der Waals surface area contributed by atoms with Crippen molar-refractivity contribution in [3.05, 3.63) is 24.0 Å². The summed E-state index contributed by atoms with van der Waals surface area (Å²) in [5.41, 5.74) is 6.61. The molecule has 1 aromatic carbocycles. The Morgan fingerprint density at radius 2 is 1.95 bits per heavy atom. The zero-order chi connectivity index (χ0) is 15.6. The van der Waals surface area contributed by atoms with Crippen molar-refractivity contribution in [2.75, 3.05) is 23.3 Å². The molecule has 0 spiro atoms. The molecule has 1 heterocycles. The minimum absolute atomic E-state index is 0.296. The Morgan fingerprint density at radius 1 is 1.33 bits per heavy atom. The Labute approximate surface area is 125 Å². The lowest BCUT2D eigenvalue weighted by atomic mass is 9.87. The normalized spacial score (nSPS) is 16.9. The molecule has 0 aromatic heterocycles. The van der Waals surface area contributed by atoms with Crippen LogP contribution in [0.4, 0.5) is 15.8 Å². The van der Waals surface area contributed by atoms with E-state index in [2.05, 4.69) is 5.32 Å². The Balaban J connectivity index is 2.08. The largest absolute Gasteiger partial charge is 0.369 e. The van der Waals surface area contributed by atoms with Gasteiger partial charge in [0.05, 0.1) is 11.7 Å². The van der Waals surface area contributed by atoms with E-state index in [1.54, 1.807) is 12.1 Å². The average molecular weight is 293 g/mol. The van der Waals surface area contributed by atoms with Crippen LogP contribution in [0.3, 0.4) is 0 Å². The molecule has 5 heteroatoms. The van der Waals surface area contributed by atoms with Gasteiger partial charge in [-0.15, -0.1) is 0 Å². The van der Waals surface area contributed by atoms with Crippen molar-refractivity contribution in [1.29, 1.82) is 0 Å². The number of carbonyl (C=O) groups is 1. The first-order valence-corrected chi connectivity index (χ1v) is 7.40. The molecule has 0 aliphatic carbocycles. The van der Waals surface area contributed by atoms with Gasteiger partial charge in [0.15, 0.2) is 0 Å². The Hall–Kier alpha value is -1.62. The summed E-state index contributed by atoms with van der Waals surface area (Å²) >= 11 is 0. The van der Waals surface area contributed by atoms with Crippen molar-refractivity contribution in [2.45, 2.75) is 39.7 Å². The number of nitrogens with one attached hydrogen (secondary N) is 1. The number of nitrogens with zero attached hydrogens (tertiary/aromatic N) is 1. The van der Waals surface area contributed by atoms with Crippen LogP contribution in [0.5, 0.6) is 0 Å². The molecule has 1 aliphatic rings. The minimum Gasteiger partial charge on any atom is -0.369 e. The van der Waals surface area contributed by atoms with Crippen molar-refractivity contribution in [3.63, 3.8) is 0 Å². The quantitative estimate of drug-likeness (QED) is 0.901. The first-order valence-electron chi connectivity index (χ1n) is 7.40. The Bertz CT molecular complexity index is 519. The maximum absolute atomic E-state index is 14.2. The maximum Gasteiger partial charge on any atom is 0.241 e. The molecule has 1 amide bonds. The summed E-state index contributed by atoms with van der Waals surface area (Å²) in [6.45, 7) is 7.46. The molecule has 0 bridgehead atoms. The van der Waals surface area contributed by atoms with Crippen molar-refractivity contribution in [3.8, 4) is 0 Å². The fourth-order valence-corrected chi connectivity index (χ4v) is 2.41. The smallest absolute Gasteiger partial charge is 0.241 e. The topological polar surface area (TPSA) is 58.4 Å². The molecular formula is C16H24FN3O. The number of halogens is 1. The van der Waals surface area contributed by atoms with Crippen LogP contribution in [-0.2, 0) is 4.79 Å². The van der Waals surface area contributed by atoms with Crippen LogP contribution in [0, 0.1) is 11.2 Å². The fraction of sp³-hybridized carbons (Fsp3) is 0.562. The number of benzene rings is 1. The third kappa shape index (κ3) is 3.73. The highest BCUT2D eigenvalue weighted by Gasteiger charge is 2.27. The standard InChI is InChI=1S/C16H24FN3O/c1-16(2,3)14(18)15(21)19-11-6-7-13(12(17)10-11)20-8-4-5-9-20/h6-7,10,14H,4-5,8-9,18H2,1-3H3,(H,19,21). The molecule has 4 nitrogen and oxygen atoms in total. The van der Waals surface area contributed by atoms with E-state index < -0.39 is 6.04 Å². The SMILES string of the molecule is CC(C)(C)C(N)C(=O)Nc1ccc(N2CCCC2)c(F)c1. The van der Waals surface area contributed by atoms with Crippen LogP contribution in [-0.4, -0.2) is 25.0 Å². The van der Waals surface area contributed by atoms with Crippen molar-refractivity contribution in [1.82, 2.24) is 0 Å². The molecule has 21 heavy (non-hydrogen) atoms. The lowest BCUT2D eigenvalue weighted by Gasteiger charge is -2.26. The number of anilines is 2. The van der Waals surface area contributed by atoms with E-state index in [4.69, 9.17) is 5.73 Å². The molecule has 1 fully saturated rings. The van der Waals surface area contributed by atoms with E-state index in [1.165, 1.54) is 6.07 Å². The second-order valence-corrected chi connectivity index (χ2v) is 6.69. The summed E-state index contributed by atoms with van der Waals surface area (Å²) in [6.07, 6.45) is 2.19. The molecule has 1 atom stereocenters. The molecule has 1 unspecified atom stereocenters. The monoisotopic (exact) mass is 293 g/mol. The third-order valence-electron chi connectivity index (χ3n) is 3.88. The van der Waals surface area contributed by atoms with Gasteiger partial charge in [-0.05, 0) is 36.5 Å². The van der Waals surface area contributed by atoms with Crippen molar-refractivity contribution in [2.24, 2.45) is 11.1 Å². The summed E-state index contributed by atoms with van der Waals surface area (Å²) in [4.78, 5) is 14.1. The first-order chi connectivity index (χ1) is 9.79. The fourth-order valence-electron chi connectivity index (χ4n) is 2.41. The molecular weight excluding hydrogens is 269 g/mol. The Kier molecular flexibility index (Phi) is 4.52. The van der Waals surface area contributed by atoms with E-state index in [1.807, 2.05) is 25.7 Å². The van der Waals surface area contributed by atoms with Crippen LogP contribution in [0.25, 0.3) is 0 Å². The van der Waals surface area contributed by atoms with Crippen LogP contribution in [0.2, 0.25) is 0 Å². The van der Waals surface area contributed by atoms with Gasteiger partial charge in [-0.1, -0.05) is 20.8 Å². The van der Waals surface area contributed by atoms with Gasteiger partial charge >= 0.3 is 0 Å². The van der Waals surface area contributed by atoms with Crippen LogP contribution in [0.1, 0.15) is 33.6 Å². The summed E-state index contributed by atoms with van der Waals surface area (Å²) in [5, 5.41) is 2.68. The average Bonchev–Trinajstić information content (AvgIpc) is 2.90. The number of carbonyl (C=O) groups excluding carboxylic acids is 1. The van der Waals surface area contributed by atoms with Crippen molar-refractivity contribution < 1.29 is 9.18 Å². The first kappa shape index (κ1) is 15.8. The lowest BCUT2D eigenvalue weighted by Crippen LogP contribution is -2.45. The molecule has 1 aliphatic heterocycles. The van der Waals surface area contributed by atoms with Gasteiger partial charge in [0.1, 0.15) is 5.82 Å². The van der Waals surface area contributed by atoms with E-state index in [-0.39, 0.29) is 17.1 Å². The molecule has 116 valence electrons. The van der Waals surface area contributed by atoms with Crippen LogP contribution in [0.15, 0.2) is 18.2 Å². The van der Waals surface area contributed by atoms with Crippen LogP contribution < -0.4 is 16.0 Å². The number of hydrogen-bond donors (Lipinski definition) is 2. The summed E-state index contributed by atoms with van der Waals surface area (Å²) < 4.78 is 14.2. The van der Waals surface area contributed by atoms with Gasteiger partial charge in [0.25, 0.3) is 0 Å². The number of nitrogens with two attached hydrogens (primary N) is 1. The van der Waals surface area contributed by atoms with Crippen LogP contribution >= 0.6 is 0 Å². The predicted octanol–water partition coefficient (Wildman–Crippen LogP) is 2.74. The molecule has 2 rings (SSSR count). The van der Waals surface area contributed by atoms with Gasteiger partial charge in [-0.2, -0.15) is 0 Å². The molecule has 0 radical (unpaired) electrons. The third-order valence-corrected chi connectivity index (χ3v) is 3.88. The van der Waals surface area contributed by atoms with Gasteiger partial charge in [0, 0.05) is 18.8 Å². The minimum atomic E-state index is -0.640. The number of hydrogen-bond acceptors (Lipinski definition) is 3. The van der Waals surface area contributed by atoms with Gasteiger partial charge < -0.3 is 16.0 Å². The number of rotatable bonds is 3. The maximum atomic E-state index is 14.2. The van der Waals surface area contributed by atoms with Gasteiger partial charge in [-0.25, -0.2) is 4.39 Å². The zero-order valence-electron chi connectivity index (χ0n) is 12.9. The zero-order valence-corrected chi connectivity index (χ0v) is 12.9. The summed E-state index contributed by atoms with van der Waals surface area (Å²) in [5.74, 6) is -0.602. The predicted molar refractivity (Wildman–Crippen MR) is 83.9 cm³/mol. The molecule has 3 N–H and O–H groups in total. The second kappa shape index (κ2) is 6.02. The van der Waals surface area contributed by atoms with Gasteiger partial charge in [0.2, 0.25) is 5.91 Å². The molecule has 0 saturated carbocycles.